The van der Waals surface area contributed by atoms with Crippen LogP contribution in [-0.4, -0.2) is 13.6 Å². The van der Waals surface area contributed by atoms with Gasteiger partial charge in [-0.1, -0.05) is 46.5 Å². The predicted molar refractivity (Wildman–Crippen MR) is 65.7 cm³/mol. The van der Waals surface area contributed by atoms with Crippen molar-refractivity contribution < 1.29 is 0 Å². The van der Waals surface area contributed by atoms with E-state index >= 15 is 0 Å². The van der Waals surface area contributed by atoms with E-state index in [0.717, 1.165) is 0 Å². The predicted octanol–water partition coefficient (Wildman–Crippen LogP) is 3.98. The van der Waals surface area contributed by atoms with Gasteiger partial charge in [-0.15, -0.1) is 0 Å². The quantitative estimate of drug-likeness (QED) is 0.592. The summed E-state index contributed by atoms with van der Waals surface area (Å²) in [4.78, 5) is 0. The highest BCUT2D eigenvalue weighted by molar-refractivity contribution is 4.79. The monoisotopic (exact) mass is 199 g/mol. The van der Waals surface area contributed by atoms with Crippen molar-refractivity contribution >= 4 is 0 Å². The lowest BCUT2D eigenvalue weighted by Gasteiger charge is -2.33. The molecule has 14 heavy (non-hydrogen) atoms. The summed E-state index contributed by atoms with van der Waals surface area (Å²) in [5.74, 6) is 0. The molecule has 86 valence electrons. The van der Waals surface area contributed by atoms with Gasteiger partial charge in [0, 0.05) is 6.54 Å². The number of hydrogen-bond acceptors (Lipinski definition) is 1. The summed E-state index contributed by atoms with van der Waals surface area (Å²) in [6.45, 7) is 8.13. The molecule has 0 aromatic carbocycles. The highest BCUT2D eigenvalue weighted by Crippen LogP contribution is 2.33. The van der Waals surface area contributed by atoms with Gasteiger partial charge in [0.15, 0.2) is 0 Å². The zero-order valence-electron chi connectivity index (χ0n) is 10.7. The molecule has 1 N–H and O–H groups in total. The van der Waals surface area contributed by atoms with Crippen LogP contribution < -0.4 is 5.32 Å². The molecule has 0 amide bonds. The Kier molecular flexibility index (Phi) is 8.26. The Morgan fingerprint density at radius 1 is 0.929 bits per heavy atom. The van der Waals surface area contributed by atoms with Gasteiger partial charge >= 0.3 is 0 Å². The molecule has 0 radical (unpaired) electrons. The van der Waals surface area contributed by atoms with Crippen molar-refractivity contribution in [2.24, 2.45) is 5.41 Å². The molecule has 0 aliphatic carbocycles. The molecule has 0 aliphatic rings. The zero-order chi connectivity index (χ0) is 10.9. The van der Waals surface area contributed by atoms with Crippen LogP contribution in [0.2, 0.25) is 0 Å². The summed E-state index contributed by atoms with van der Waals surface area (Å²) < 4.78 is 0. The average Bonchev–Trinajstić information content (AvgIpc) is 2.22. The van der Waals surface area contributed by atoms with Crippen molar-refractivity contribution in [3.8, 4) is 0 Å². The third kappa shape index (κ3) is 4.99. The molecule has 0 rings (SSSR count). The lowest BCUT2D eigenvalue weighted by atomic mass is 9.76. The van der Waals surface area contributed by atoms with E-state index < -0.39 is 0 Å². The first-order chi connectivity index (χ1) is 6.74. The van der Waals surface area contributed by atoms with Crippen LogP contribution in [0.1, 0.15) is 65.7 Å². The lowest BCUT2D eigenvalue weighted by Crippen LogP contribution is -2.32. The topological polar surface area (TPSA) is 12.0 Å². The molecule has 0 spiro atoms. The first-order valence-electron chi connectivity index (χ1n) is 6.39. The molecule has 0 saturated carbocycles. The van der Waals surface area contributed by atoms with Gasteiger partial charge < -0.3 is 5.32 Å². The molecule has 0 heterocycles. The molecule has 0 saturated heterocycles. The molecule has 0 aromatic heterocycles. The fourth-order valence-corrected chi connectivity index (χ4v) is 2.26. The fourth-order valence-electron chi connectivity index (χ4n) is 2.26. The van der Waals surface area contributed by atoms with Gasteiger partial charge in [-0.05, 0) is 31.7 Å². The van der Waals surface area contributed by atoms with Gasteiger partial charge in [-0.2, -0.15) is 0 Å². The Hall–Kier alpha value is -0.0400. The van der Waals surface area contributed by atoms with E-state index in [9.17, 15) is 0 Å². The molecule has 1 nitrogen and oxygen atoms in total. The molecule has 0 unspecified atom stereocenters. The number of unbranched alkanes of at least 4 members (excludes halogenated alkanes) is 2. The van der Waals surface area contributed by atoms with E-state index in [1.54, 1.807) is 0 Å². The second-order valence-electron chi connectivity index (χ2n) is 4.59. The van der Waals surface area contributed by atoms with E-state index in [4.69, 9.17) is 0 Å². The van der Waals surface area contributed by atoms with Crippen LogP contribution in [-0.2, 0) is 0 Å². The summed E-state index contributed by atoms with van der Waals surface area (Å²) in [6, 6.07) is 0. The molecule has 0 aromatic rings. The molecule has 0 bridgehead atoms. The van der Waals surface area contributed by atoms with Crippen LogP contribution in [0.15, 0.2) is 0 Å². The smallest absolute Gasteiger partial charge is 0.000470 e. The Bertz CT molecular complexity index is 112. The van der Waals surface area contributed by atoms with E-state index in [1.807, 2.05) is 0 Å². The van der Waals surface area contributed by atoms with Gasteiger partial charge in [0.25, 0.3) is 0 Å². The van der Waals surface area contributed by atoms with Gasteiger partial charge in [0.1, 0.15) is 0 Å². The van der Waals surface area contributed by atoms with Gasteiger partial charge in [-0.3, -0.25) is 0 Å². The van der Waals surface area contributed by atoms with Gasteiger partial charge in [0.05, 0.1) is 0 Å². The zero-order valence-corrected chi connectivity index (χ0v) is 10.7. The van der Waals surface area contributed by atoms with Crippen molar-refractivity contribution in [2.75, 3.05) is 13.6 Å². The first kappa shape index (κ1) is 14.0. The molecule has 0 aliphatic heterocycles. The van der Waals surface area contributed by atoms with Crippen LogP contribution in [0, 0.1) is 5.41 Å². The summed E-state index contributed by atoms with van der Waals surface area (Å²) in [6.07, 6.45) is 9.57. The summed E-state index contributed by atoms with van der Waals surface area (Å²) in [7, 11) is 2.09. The minimum Gasteiger partial charge on any atom is -0.319 e. The molecule has 0 atom stereocenters. The van der Waals surface area contributed by atoms with Crippen molar-refractivity contribution in [3.05, 3.63) is 0 Å². The highest BCUT2D eigenvalue weighted by Gasteiger charge is 2.25. The van der Waals surface area contributed by atoms with Crippen molar-refractivity contribution in [1.82, 2.24) is 5.32 Å². The second kappa shape index (κ2) is 8.28. The largest absolute Gasteiger partial charge is 0.319 e. The molecule has 0 fully saturated rings. The number of rotatable bonds is 9. The van der Waals surface area contributed by atoms with Crippen molar-refractivity contribution in [1.29, 1.82) is 0 Å². The average molecular weight is 199 g/mol. The maximum atomic E-state index is 3.38. The van der Waals surface area contributed by atoms with Crippen LogP contribution in [0.3, 0.4) is 0 Å². The van der Waals surface area contributed by atoms with Crippen LogP contribution >= 0.6 is 0 Å². The third-order valence-corrected chi connectivity index (χ3v) is 3.42. The number of hydrogen-bond donors (Lipinski definition) is 1. The minimum absolute atomic E-state index is 0.584. The van der Waals surface area contributed by atoms with E-state index in [2.05, 4.69) is 33.1 Å². The Balaban J connectivity index is 4.11. The summed E-state index contributed by atoms with van der Waals surface area (Å²) in [5.41, 5.74) is 0.584. The van der Waals surface area contributed by atoms with Crippen LogP contribution in [0.25, 0.3) is 0 Å². The standard InChI is InChI=1S/C13H29N/c1-5-8-10-13(7-3,12-14-4)11-9-6-2/h14H,5-12H2,1-4H3. The maximum absolute atomic E-state index is 3.38. The summed E-state index contributed by atoms with van der Waals surface area (Å²) in [5, 5.41) is 3.38. The Morgan fingerprint density at radius 2 is 1.43 bits per heavy atom. The lowest BCUT2D eigenvalue weighted by molar-refractivity contribution is 0.211. The van der Waals surface area contributed by atoms with E-state index in [0.29, 0.717) is 5.41 Å². The third-order valence-electron chi connectivity index (χ3n) is 3.42. The van der Waals surface area contributed by atoms with Crippen LogP contribution in [0.5, 0.6) is 0 Å². The normalized spacial score (nSPS) is 12.0. The fraction of sp³-hybridized carbons (Fsp3) is 1.00. The van der Waals surface area contributed by atoms with Crippen molar-refractivity contribution in [3.63, 3.8) is 0 Å². The first-order valence-corrected chi connectivity index (χ1v) is 6.39. The second-order valence-corrected chi connectivity index (χ2v) is 4.59. The Labute approximate surface area is 90.7 Å². The van der Waals surface area contributed by atoms with Crippen molar-refractivity contribution in [2.45, 2.75) is 65.7 Å². The van der Waals surface area contributed by atoms with E-state index in [-0.39, 0.29) is 0 Å². The van der Waals surface area contributed by atoms with E-state index in [1.165, 1.54) is 51.5 Å². The highest BCUT2D eigenvalue weighted by atomic mass is 14.8. The SMILES string of the molecule is CCCCC(CC)(CCCC)CNC. The number of nitrogens with one attached hydrogen (secondary N) is 1. The van der Waals surface area contributed by atoms with Gasteiger partial charge in [-0.25, -0.2) is 0 Å². The van der Waals surface area contributed by atoms with Crippen LogP contribution in [0.4, 0.5) is 0 Å². The Morgan fingerprint density at radius 3 is 1.71 bits per heavy atom. The molecular formula is C13H29N. The van der Waals surface area contributed by atoms with Gasteiger partial charge in [0.2, 0.25) is 0 Å². The molecular weight excluding hydrogens is 170 g/mol. The minimum atomic E-state index is 0.584. The maximum Gasteiger partial charge on any atom is 0.000470 e. The summed E-state index contributed by atoms with van der Waals surface area (Å²) >= 11 is 0. The molecule has 1 heteroatoms.